The number of rotatable bonds is 2. The third-order valence-electron chi connectivity index (χ3n) is 3.35. The Labute approximate surface area is 99.9 Å². The van der Waals surface area contributed by atoms with E-state index in [0.717, 1.165) is 32.4 Å². The van der Waals surface area contributed by atoms with Gasteiger partial charge >= 0.3 is 12.0 Å². The van der Waals surface area contributed by atoms with E-state index in [2.05, 4.69) is 5.32 Å². The number of carboxylic acid groups (broad SMARTS) is 1. The number of aliphatic carboxylic acids is 1. The van der Waals surface area contributed by atoms with E-state index in [1.54, 1.807) is 4.90 Å². The third-order valence-corrected chi connectivity index (χ3v) is 3.35. The standard InChI is InChI=1S/C11H18N2O4/c14-10(15)8-6-17-7-9(8)12-11(16)13-4-2-1-3-5-13/h8-9H,1-7H2,(H,12,16)(H,14,15). The van der Waals surface area contributed by atoms with Gasteiger partial charge in [-0.05, 0) is 19.3 Å². The largest absolute Gasteiger partial charge is 0.481 e. The monoisotopic (exact) mass is 242 g/mol. The van der Waals surface area contributed by atoms with Crippen molar-refractivity contribution >= 4 is 12.0 Å². The summed E-state index contributed by atoms with van der Waals surface area (Å²) in [7, 11) is 0. The maximum absolute atomic E-state index is 11.9. The summed E-state index contributed by atoms with van der Waals surface area (Å²) < 4.78 is 5.11. The van der Waals surface area contributed by atoms with E-state index >= 15 is 0 Å². The Morgan fingerprint density at radius 1 is 1.18 bits per heavy atom. The molecular weight excluding hydrogens is 224 g/mol. The van der Waals surface area contributed by atoms with E-state index in [4.69, 9.17) is 9.84 Å². The molecule has 2 aliphatic heterocycles. The second-order valence-corrected chi connectivity index (χ2v) is 4.59. The minimum atomic E-state index is -0.911. The van der Waals surface area contributed by atoms with Gasteiger partial charge in [0.1, 0.15) is 5.92 Å². The molecule has 96 valence electrons. The zero-order valence-electron chi connectivity index (χ0n) is 9.72. The first kappa shape index (κ1) is 12.2. The van der Waals surface area contributed by atoms with E-state index in [0.29, 0.717) is 0 Å². The van der Waals surface area contributed by atoms with E-state index in [1.807, 2.05) is 0 Å². The first-order chi connectivity index (χ1) is 8.18. The van der Waals surface area contributed by atoms with Gasteiger partial charge in [-0.15, -0.1) is 0 Å². The minimum absolute atomic E-state index is 0.161. The number of hydrogen-bond acceptors (Lipinski definition) is 3. The molecule has 2 aliphatic rings. The van der Waals surface area contributed by atoms with Crippen LogP contribution < -0.4 is 5.32 Å². The number of carboxylic acids is 1. The van der Waals surface area contributed by atoms with Crippen LogP contribution in [0.3, 0.4) is 0 Å². The van der Waals surface area contributed by atoms with Crippen LogP contribution in [0.4, 0.5) is 4.79 Å². The lowest BCUT2D eigenvalue weighted by atomic mass is 10.0. The van der Waals surface area contributed by atoms with Crippen LogP contribution in [0, 0.1) is 5.92 Å². The van der Waals surface area contributed by atoms with Gasteiger partial charge in [0.25, 0.3) is 0 Å². The zero-order chi connectivity index (χ0) is 12.3. The van der Waals surface area contributed by atoms with Crippen molar-refractivity contribution in [1.82, 2.24) is 10.2 Å². The fourth-order valence-corrected chi connectivity index (χ4v) is 2.29. The van der Waals surface area contributed by atoms with Crippen molar-refractivity contribution in [3.8, 4) is 0 Å². The SMILES string of the molecule is O=C(O)C1COCC1NC(=O)N1CCCCC1. The average Bonchev–Trinajstić information content (AvgIpc) is 2.78. The van der Waals surface area contributed by atoms with Crippen molar-refractivity contribution in [2.75, 3.05) is 26.3 Å². The molecule has 0 aliphatic carbocycles. The van der Waals surface area contributed by atoms with Crippen molar-refractivity contribution in [2.45, 2.75) is 25.3 Å². The van der Waals surface area contributed by atoms with Crippen LogP contribution in [0.25, 0.3) is 0 Å². The Hall–Kier alpha value is -1.30. The number of carbonyl (C=O) groups is 2. The summed E-state index contributed by atoms with van der Waals surface area (Å²) in [5.41, 5.74) is 0. The van der Waals surface area contributed by atoms with Gasteiger partial charge in [-0.2, -0.15) is 0 Å². The molecule has 0 bridgehead atoms. The number of ether oxygens (including phenoxy) is 1. The maximum atomic E-state index is 11.9. The molecule has 2 heterocycles. The summed E-state index contributed by atoms with van der Waals surface area (Å²) in [6, 6.07) is -0.562. The Kier molecular flexibility index (Phi) is 3.83. The number of amides is 2. The van der Waals surface area contributed by atoms with Gasteiger partial charge < -0.3 is 20.1 Å². The van der Waals surface area contributed by atoms with Gasteiger partial charge in [-0.3, -0.25) is 4.79 Å². The lowest BCUT2D eigenvalue weighted by Gasteiger charge is -2.28. The van der Waals surface area contributed by atoms with E-state index in [-0.39, 0.29) is 19.2 Å². The van der Waals surface area contributed by atoms with Gasteiger partial charge in [0.15, 0.2) is 0 Å². The molecule has 0 radical (unpaired) electrons. The van der Waals surface area contributed by atoms with E-state index < -0.39 is 17.9 Å². The number of urea groups is 1. The molecule has 2 N–H and O–H groups in total. The maximum Gasteiger partial charge on any atom is 0.317 e. The van der Waals surface area contributed by atoms with Crippen LogP contribution in [0.15, 0.2) is 0 Å². The Morgan fingerprint density at radius 2 is 1.88 bits per heavy atom. The smallest absolute Gasteiger partial charge is 0.317 e. The topological polar surface area (TPSA) is 78.9 Å². The van der Waals surface area contributed by atoms with Gasteiger partial charge in [0.05, 0.1) is 19.3 Å². The number of nitrogens with one attached hydrogen (secondary N) is 1. The highest BCUT2D eigenvalue weighted by molar-refractivity contribution is 5.77. The van der Waals surface area contributed by atoms with Crippen molar-refractivity contribution in [1.29, 1.82) is 0 Å². The molecule has 0 aromatic carbocycles. The minimum Gasteiger partial charge on any atom is -0.481 e. The number of nitrogens with zero attached hydrogens (tertiary/aromatic N) is 1. The molecule has 0 aromatic rings. The Balaban J connectivity index is 1.86. The Bertz CT molecular complexity index is 302. The highest BCUT2D eigenvalue weighted by Crippen LogP contribution is 2.15. The molecule has 6 nitrogen and oxygen atoms in total. The summed E-state index contributed by atoms with van der Waals surface area (Å²) >= 11 is 0. The van der Waals surface area contributed by atoms with Crippen LogP contribution in [-0.2, 0) is 9.53 Å². The highest BCUT2D eigenvalue weighted by atomic mass is 16.5. The van der Waals surface area contributed by atoms with Crippen molar-refractivity contribution in [2.24, 2.45) is 5.92 Å². The number of hydrogen-bond donors (Lipinski definition) is 2. The lowest BCUT2D eigenvalue weighted by Crippen LogP contribution is -2.50. The normalized spacial score (nSPS) is 29.1. The molecule has 0 aromatic heterocycles. The molecule has 2 amide bonds. The summed E-state index contributed by atoms with van der Waals surface area (Å²) in [6.45, 7) is 1.99. The molecule has 2 atom stereocenters. The summed E-state index contributed by atoms with van der Waals surface area (Å²) in [5.74, 6) is -1.53. The van der Waals surface area contributed by atoms with Crippen molar-refractivity contribution < 1.29 is 19.4 Å². The molecule has 17 heavy (non-hydrogen) atoms. The van der Waals surface area contributed by atoms with Crippen LogP contribution >= 0.6 is 0 Å². The predicted molar refractivity (Wildman–Crippen MR) is 59.7 cm³/mol. The fourth-order valence-electron chi connectivity index (χ4n) is 2.29. The molecule has 2 saturated heterocycles. The van der Waals surface area contributed by atoms with E-state index in [1.165, 1.54) is 0 Å². The predicted octanol–water partition coefficient (Wildman–Crippen LogP) is 0.281. The fraction of sp³-hybridized carbons (Fsp3) is 0.818. The third kappa shape index (κ3) is 2.88. The highest BCUT2D eigenvalue weighted by Gasteiger charge is 2.35. The van der Waals surface area contributed by atoms with Crippen LogP contribution in [0.5, 0.6) is 0 Å². The summed E-state index contributed by atoms with van der Waals surface area (Å²) in [5, 5.41) is 11.7. The second kappa shape index (κ2) is 5.35. The molecule has 2 unspecified atom stereocenters. The molecule has 2 fully saturated rings. The molecule has 2 rings (SSSR count). The number of likely N-dealkylation sites (tertiary alicyclic amines) is 1. The number of piperidine rings is 1. The molecule has 0 saturated carbocycles. The molecular formula is C11H18N2O4. The van der Waals surface area contributed by atoms with Gasteiger partial charge in [0, 0.05) is 13.1 Å². The lowest BCUT2D eigenvalue weighted by molar-refractivity contribution is -0.142. The van der Waals surface area contributed by atoms with Crippen LogP contribution in [0.1, 0.15) is 19.3 Å². The van der Waals surface area contributed by atoms with E-state index in [9.17, 15) is 9.59 Å². The van der Waals surface area contributed by atoms with Crippen LogP contribution in [-0.4, -0.2) is 54.4 Å². The van der Waals surface area contributed by atoms with Crippen LogP contribution in [0.2, 0.25) is 0 Å². The van der Waals surface area contributed by atoms with Gasteiger partial charge in [-0.25, -0.2) is 4.79 Å². The summed E-state index contributed by atoms with van der Waals surface area (Å²) in [6.07, 6.45) is 3.21. The van der Waals surface area contributed by atoms with Crippen molar-refractivity contribution in [3.05, 3.63) is 0 Å². The first-order valence-electron chi connectivity index (χ1n) is 6.04. The second-order valence-electron chi connectivity index (χ2n) is 4.59. The van der Waals surface area contributed by atoms with Gasteiger partial charge in [0.2, 0.25) is 0 Å². The average molecular weight is 242 g/mol. The number of carbonyl (C=O) groups excluding carboxylic acids is 1. The Morgan fingerprint density at radius 3 is 2.53 bits per heavy atom. The quantitative estimate of drug-likeness (QED) is 0.729. The first-order valence-corrected chi connectivity index (χ1v) is 6.04. The van der Waals surface area contributed by atoms with Gasteiger partial charge in [-0.1, -0.05) is 0 Å². The van der Waals surface area contributed by atoms with Crippen molar-refractivity contribution in [3.63, 3.8) is 0 Å². The molecule has 0 spiro atoms. The zero-order valence-corrected chi connectivity index (χ0v) is 9.72. The molecule has 6 heteroatoms. The summed E-state index contributed by atoms with van der Waals surface area (Å²) in [4.78, 5) is 24.6.